The fourth-order valence-corrected chi connectivity index (χ4v) is 5.40. The molecule has 2 fully saturated rings. The van der Waals surface area contributed by atoms with E-state index >= 15 is 0 Å². The maximum atomic E-state index is 5.72. The molecule has 0 aliphatic carbocycles. The molecular weight excluding hydrogens is 448 g/mol. The number of ether oxygens (including phenoxy) is 3. The number of anilines is 2. The van der Waals surface area contributed by atoms with Crippen molar-refractivity contribution in [3.63, 3.8) is 0 Å². The average Bonchev–Trinajstić information content (AvgIpc) is 2.88. The van der Waals surface area contributed by atoms with Gasteiger partial charge < -0.3 is 24.4 Å². The molecule has 0 bridgehead atoms. The molecule has 1 N–H and O–H groups in total. The Hall–Kier alpha value is -2.24. The summed E-state index contributed by atoms with van der Waals surface area (Å²) in [5.74, 6) is 0.903. The third-order valence-electron chi connectivity index (χ3n) is 7.82. The lowest BCUT2D eigenvalue weighted by atomic mass is 9.82. The summed E-state index contributed by atoms with van der Waals surface area (Å²) in [5, 5.41) is 3.75. The van der Waals surface area contributed by atoms with Gasteiger partial charge >= 0.3 is 0 Å². The zero-order valence-electron chi connectivity index (χ0n) is 23.2. The average molecular weight is 495 g/mol. The van der Waals surface area contributed by atoms with E-state index in [9.17, 15) is 0 Å². The van der Waals surface area contributed by atoms with Crippen LogP contribution in [0.2, 0.25) is 0 Å². The fraction of sp³-hybridized carbons (Fsp3) is 0.613. The summed E-state index contributed by atoms with van der Waals surface area (Å²) in [6.07, 6.45) is 4.18. The molecule has 0 radical (unpaired) electrons. The first-order valence-corrected chi connectivity index (χ1v) is 13.6. The highest BCUT2D eigenvalue weighted by atomic mass is 16.5. The minimum Gasteiger partial charge on any atom is -0.495 e. The number of hydrogen-bond acceptors (Lipinski definition) is 5. The Bertz CT molecular complexity index is 968. The van der Waals surface area contributed by atoms with E-state index in [1.807, 2.05) is 0 Å². The van der Waals surface area contributed by atoms with Crippen molar-refractivity contribution >= 4 is 11.4 Å². The van der Waals surface area contributed by atoms with Crippen molar-refractivity contribution in [1.82, 2.24) is 0 Å². The number of benzene rings is 2. The van der Waals surface area contributed by atoms with Gasteiger partial charge in [-0.3, -0.25) is 0 Å². The molecule has 5 nitrogen and oxygen atoms in total. The molecular formula is C31H46N2O3. The second kappa shape index (κ2) is 11.4. The Balaban J connectivity index is 1.60. The molecule has 5 heteroatoms. The Morgan fingerprint density at radius 2 is 1.42 bits per heavy atom. The van der Waals surface area contributed by atoms with E-state index in [4.69, 9.17) is 14.2 Å². The number of nitrogens with zero attached hydrogens (tertiary/aromatic N) is 1. The van der Waals surface area contributed by atoms with Crippen molar-refractivity contribution in [3.8, 4) is 5.75 Å². The molecule has 0 aromatic heterocycles. The molecule has 4 rings (SSSR count). The van der Waals surface area contributed by atoms with Crippen LogP contribution in [0.3, 0.4) is 0 Å². The predicted molar refractivity (Wildman–Crippen MR) is 150 cm³/mol. The van der Waals surface area contributed by atoms with Crippen LogP contribution in [0.1, 0.15) is 71.4 Å². The SMILES string of the molecule is COc1ccc(C(C)(C)CN(c2ccc(C(C)(C)C)cc2)C2CCOCC2)cc1NC1CCOCC1. The van der Waals surface area contributed by atoms with Crippen LogP contribution in [-0.2, 0) is 20.3 Å². The second-order valence-electron chi connectivity index (χ2n) is 12.1. The number of nitrogens with one attached hydrogen (secondary N) is 1. The first kappa shape index (κ1) is 26.8. The molecule has 2 aromatic rings. The lowest BCUT2D eigenvalue weighted by Gasteiger charge is -2.41. The molecule has 0 spiro atoms. The van der Waals surface area contributed by atoms with Crippen LogP contribution in [0.4, 0.5) is 11.4 Å². The van der Waals surface area contributed by atoms with Crippen molar-refractivity contribution in [1.29, 1.82) is 0 Å². The van der Waals surface area contributed by atoms with Gasteiger partial charge in [0.1, 0.15) is 5.75 Å². The summed E-state index contributed by atoms with van der Waals surface area (Å²) in [6, 6.07) is 16.8. The third-order valence-corrected chi connectivity index (χ3v) is 7.82. The third kappa shape index (κ3) is 6.54. The Morgan fingerprint density at radius 3 is 2.00 bits per heavy atom. The predicted octanol–water partition coefficient (Wildman–Crippen LogP) is 6.55. The highest BCUT2D eigenvalue weighted by Gasteiger charge is 2.31. The smallest absolute Gasteiger partial charge is 0.141 e. The Labute approximate surface area is 218 Å². The van der Waals surface area contributed by atoms with Gasteiger partial charge in [-0.2, -0.15) is 0 Å². The number of methoxy groups -OCH3 is 1. The van der Waals surface area contributed by atoms with Gasteiger partial charge in [0.05, 0.1) is 12.8 Å². The van der Waals surface area contributed by atoms with Crippen LogP contribution < -0.4 is 15.0 Å². The van der Waals surface area contributed by atoms with Crippen molar-refractivity contribution in [2.45, 2.75) is 83.2 Å². The lowest BCUT2D eigenvalue weighted by molar-refractivity contribution is 0.0835. The van der Waals surface area contributed by atoms with Crippen LogP contribution in [0, 0.1) is 0 Å². The van der Waals surface area contributed by atoms with Crippen molar-refractivity contribution in [2.75, 3.05) is 50.3 Å². The maximum absolute atomic E-state index is 5.72. The molecule has 198 valence electrons. The van der Waals surface area contributed by atoms with E-state index in [1.54, 1.807) is 7.11 Å². The largest absolute Gasteiger partial charge is 0.495 e. The molecule has 2 heterocycles. The standard InChI is InChI=1S/C31H46N2O3/c1-30(2,3)23-7-10-26(11-8-23)33(27-15-19-36-20-16-27)22-31(4,5)24-9-12-29(34-6)28(21-24)32-25-13-17-35-18-14-25/h7-12,21,25,27,32H,13-20,22H2,1-6H3. The van der Waals surface area contributed by atoms with Gasteiger partial charge in [-0.25, -0.2) is 0 Å². The van der Waals surface area contributed by atoms with E-state index in [-0.39, 0.29) is 10.8 Å². The summed E-state index contributed by atoms with van der Waals surface area (Å²) in [4.78, 5) is 2.63. The van der Waals surface area contributed by atoms with Crippen LogP contribution in [0.15, 0.2) is 42.5 Å². The molecule has 2 aliphatic heterocycles. The minimum absolute atomic E-state index is 0.0562. The van der Waals surface area contributed by atoms with Crippen molar-refractivity contribution in [2.24, 2.45) is 0 Å². The zero-order chi connectivity index (χ0) is 25.8. The first-order valence-electron chi connectivity index (χ1n) is 13.6. The molecule has 2 saturated heterocycles. The van der Waals surface area contributed by atoms with Gasteiger partial charge in [-0.1, -0.05) is 52.8 Å². The lowest BCUT2D eigenvalue weighted by Crippen LogP contribution is -2.46. The highest BCUT2D eigenvalue weighted by Crippen LogP contribution is 2.36. The van der Waals surface area contributed by atoms with Gasteiger partial charge in [0.25, 0.3) is 0 Å². The highest BCUT2D eigenvalue weighted by molar-refractivity contribution is 5.60. The summed E-state index contributed by atoms with van der Waals surface area (Å²) < 4.78 is 17.0. The molecule has 36 heavy (non-hydrogen) atoms. The topological polar surface area (TPSA) is 43.0 Å². The Kier molecular flexibility index (Phi) is 8.52. The second-order valence-corrected chi connectivity index (χ2v) is 12.1. The molecule has 0 atom stereocenters. The van der Waals surface area contributed by atoms with Crippen molar-refractivity contribution < 1.29 is 14.2 Å². The van der Waals surface area contributed by atoms with Gasteiger partial charge in [0, 0.05) is 56.2 Å². The molecule has 2 aliphatic rings. The monoisotopic (exact) mass is 494 g/mol. The summed E-state index contributed by atoms with van der Waals surface area (Å²) >= 11 is 0. The van der Waals surface area contributed by atoms with E-state index < -0.39 is 0 Å². The van der Waals surface area contributed by atoms with Crippen LogP contribution >= 0.6 is 0 Å². The van der Waals surface area contributed by atoms with E-state index in [1.165, 1.54) is 16.8 Å². The van der Waals surface area contributed by atoms with Crippen LogP contribution in [-0.4, -0.2) is 52.2 Å². The normalized spacial score (nSPS) is 18.2. The molecule has 2 aromatic carbocycles. The number of rotatable bonds is 8. The van der Waals surface area contributed by atoms with E-state index in [2.05, 4.69) is 87.3 Å². The van der Waals surface area contributed by atoms with Gasteiger partial charge in [-0.05, 0) is 66.5 Å². The minimum atomic E-state index is -0.0562. The van der Waals surface area contributed by atoms with Crippen molar-refractivity contribution in [3.05, 3.63) is 53.6 Å². The quantitative estimate of drug-likeness (QED) is 0.451. The molecule has 0 unspecified atom stereocenters. The number of hydrogen-bond donors (Lipinski definition) is 1. The maximum Gasteiger partial charge on any atom is 0.141 e. The van der Waals surface area contributed by atoms with Gasteiger partial charge in [0.2, 0.25) is 0 Å². The van der Waals surface area contributed by atoms with Gasteiger partial charge in [-0.15, -0.1) is 0 Å². The fourth-order valence-electron chi connectivity index (χ4n) is 5.40. The van der Waals surface area contributed by atoms with E-state index in [0.29, 0.717) is 12.1 Å². The molecule has 0 saturated carbocycles. The zero-order valence-corrected chi connectivity index (χ0v) is 23.2. The van der Waals surface area contributed by atoms with E-state index in [0.717, 1.165) is 70.1 Å². The van der Waals surface area contributed by atoms with Gasteiger partial charge in [0.15, 0.2) is 0 Å². The Morgan fingerprint density at radius 1 is 0.833 bits per heavy atom. The van der Waals surface area contributed by atoms with Crippen LogP contribution in [0.5, 0.6) is 5.75 Å². The first-order chi connectivity index (χ1) is 17.2. The summed E-state index contributed by atoms with van der Waals surface area (Å²) in [6.45, 7) is 15.8. The van der Waals surface area contributed by atoms with Crippen LogP contribution in [0.25, 0.3) is 0 Å². The molecule has 0 amide bonds. The summed E-state index contributed by atoms with van der Waals surface area (Å²) in [5.41, 5.74) is 5.18. The summed E-state index contributed by atoms with van der Waals surface area (Å²) in [7, 11) is 1.75.